The number of carbonyl (C=O) groups excluding carboxylic acids is 2. The predicted octanol–water partition coefficient (Wildman–Crippen LogP) is 11.6. The maximum absolute atomic E-state index is 12.4. The molecule has 48 heavy (non-hydrogen) atoms. The third kappa shape index (κ3) is 37.4. The summed E-state index contributed by atoms with van der Waals surface area (Å²) in [5, 5.41) is 0. The molecule has 0 heterocycles. The summed E-state index contributed by atoms with van der Waals surface area (Å²) in [6.07, 6.45) is 39.0. The van der Waals surface area contributed by atoms with Crippen molar-refractivity contribution in [2.75, 3.05) is 13.2 Å². The van der Waals surface area contributed by atoms with Crippen molar-refractivity contribution in [3.05, 3.63) is 24.3 Å². The second-order valence-corrected chi connectivity index (χ2v) is 14.5. The molecule has 282 valence electrons. The summed E-state index contributed by atoms with van der Waals surface area (Å²) in [6.45, 7) is 3.66. The maximum atomic E-state index is 12.4. The number of hydrogen-bond donors (Lipinski definition) is 2. The molecule has 0 aliphatic rings. The van der Waals surface area contributed by atoms with Gasteiger partial charge in [-0.05, 0) is 64.2 Å². The van der Waals surface area contributed by atoms with E-state index in [9.17, 15) is 14.2 Å². The topological polar surface area (TPSA) is 119 Å². The van der Waals surface area contributed by atoms with Crippen LogP contribution < -0.4 is 0 Å². The highest BCUT2D eigenvalue weighted by atomic mass is 31.2. The van der Waals surface area contributed by atoms with Crippen LogP contribution in [0.3, 0.4) is 0 Å². The number of carbonyl (C=O) groups is 2. The lowest BCUT2D eigenvalue weighted by Gasteiger charge is -2.18. The van der Waals surface area contributed by atoms with Crippen LogP contribution in [-0.2, 0) is 28.2 Å². The van der Waals surface area contributed by atoms with Crippen LogP contribution in [-0.4, -0.2) is 41.0 Å². The molecule has 0 spiro atoms. The van der Waals surface area contributed by atoms with Gasteiger partial charge in [0.25, 0.3) is 0 Å². The Hall–Kier alpha value is -1.47. The SMILES string of the molecule is CCCCCCCCC/C=C/CCCCCCC(=O)OC[C@H](COP(=O)(O)O)OC(=O)CCCCCC/C=C/CCCCCCCCC. The van der Waals surface area contributed by atoms with Crippen molar-refractivity contribution in [3.63, 3.8) is 0 Å². The Morgan fingerprint density at radius 2 is 0.875 bits per heavy atom. The first-order chi connectivity index (χ1) is 23.3. The van der Waals surface area contributed by atoms with Gasteiger partial charge in [-0.3, -0.25) is 14.1 Å². The van der Waals surface area contributed by atoms with Crippen LogP contribution in [0.15, 0.2) is 24.3 Å². The van der Waals surface area contributed by atoms with Gasteiger partial charge < -0.3 is 19.3 Å². The standard InChI is InChI=1S/C39H73O8P/c1-3-5-7-9-11-13-15-17-19-21-23-25-27-29-31-33-38(40)45-35-37(36-46-48(42,43)44)47-39(41)34-32-30-28-26-24-22-20-18-16-14-12-10-8-6-4-2/h19-22,37H,3-18,23-36H2,1-2H3,(H2,42,43,44)/b21-19+,22-20+/t37-/m1/s1. The van der Waals surface area contributed by atoms with Gasteiger partial charge in [0, 0.05) is 12.8 Å². The second kappa shape index (κ2) is 35.4. The lowest BCUT2D eigenvalue weighted by atomic mass is 10.1. The monoisotopic (exact) mass is 701 g/mol. The molecular formula is C39H73O8P. The van der Waals surface area contributed by atoms with Crippen molar-refractivity contribution in [3.8, 4) is 0 Å². The van der Waals surface area contributed by atoms with Crippen molar-refractivity contribution in [2.24, 2.45) is 0 Å². The van der Waals surface area contributed by atoms with E-state index in [0.717, 1.165) is 64.2 Å². The Kier molecular flexibility index (Phi) is 34.3. The fourth-order valence-electron chi connectivity index (χ4n) is 5.48. The van der Waals surface area contributed by atoms with Gasteiger partial charge in [-0.15, -0.1) is 0 Å². The zero-order valence-electron chi connectivity index (χ0n) is 30.9. The Bertz CT molecular complexity index is 838. The minimum absolute atomic E-state index is 0.197. The largest absolute Gasteiger partial charge is 0.469 e. The smallest absolute Gasteiger partial charge is 0.462 e. The van der Waals surface area contributed by atoms with Crippen LogP contribution >= 0.6 is 7.82 Å². The number of phosphoric ester groups is 1. The summed E-state index contributed by atoms with van der Waals surface area (Å²) in [4.78, 5) is 42.7. The van der Waals surface area contributed by atoms with Crippen LogP contribution in [0.1, 0.15) is 194 Å². The molecule has 0 saturated heterocycles. The van der Waals surface area contributed by atoms with Gasteiger partial charge in [0.15, 0.2) is 6.10 Å². The normalized spacial score (nSPS) is 12.7. The fourth-order valence-corrected chi connectivity index (χ4v) is 5.84. The van der Waals surface area contributed by atoms with E-state index in [1.165, 1.54) is 89.9 Å². The van der Waals surface area contributed by atoms with Gasteiger partial charge in [0.2, 0.25) is 0 Å². The average Bonchev–Trinajstić information content (AvgIpc) is 3.05. The number of allylic oxidation sites excluding steroid dienone is 4. The van der Waals surface area contributed by atoms with Gasteiger partial charge >= 0.3 is 19.8 Å². The summed E-state index contributed by atoms with van der Waals surface area (Å²) in [6, 6.07) is 0. The molecule has 0 saturated carbocycles. The van der Waals surface area contributed by atoms with E-state index in [0.29, 0.717) is 12.8 Å². The van der Waals surface area contributed by atoms with Gasteiger partial charge in [0.1, 0.15) is 6.61 Å². The molecular weight excluding hydrogens is 627 g/mol. The number of unbranched alkanes of at least 4 members (excludes halogenated alkanes) is 22. The second-order valence-electron chi connectivity index (χ2n) is 13.2. The van der Waals surface area contributed by atoms with Gasteiger partial charge in [-0.25, -0.2) is 4.57 Å². The highest BCUT2D eigenvalue weighted by Gasteiger charge is 2.22. The molecule has 0 amide bonds. The lowest BCUT2D eigenvalue weighted by Crippen LogP contribution is -2.29. The molecule has 9 heteroatoms. The van der Waals surface area contributed by atoms with E-state index in [1.807, 2.05) is 0 Å². The van der Waals surface area contributed by atoms with Crippen molar-refractivity contribution >= 4 is 19.8 Å². The van der Waals surface area contributed by atoms with Crippen molar-refractivity contribution in [1.29, 1.82) is 0 Å². The minimum Gasteiger partial charge on any atom is -0.462 e. The molecule has 1 atom stereocenters. The molecule has 8 nitrogen and oxygen atoms in total. The van der Waals surface area contributed by atoms with E-state index >= 15 is 0 Å². The molecule has 0 rings (SSSR count). The van der Waals surface area contributed by atoms with Gasteiger partial charge in [-0.1, -0.05) is 141 Å². The van der Waals surface area contributed by atoms with Crippen LogP contribution in [0.5, 0.6) is 0 Å². The van der Waals surface area contributed by atoms with Crippen molar-refractivity contribution in [2.45, 2.75) is 200 Å². The van der Waals surface area contributed by atoms with E-state index in [1.54, 1.807) is 0 Å². The van der Waals surface area contributed by atoms with Crippen molar-refractivity contribution in [1.82, 2.24) is 0 Å². The Balaban J connectivity index is 3.98. The molecule has 0 bridgehead atoms. The first-order valence-electron chi connectivity index (χ1n) is 19.6. The maximum Gasteiger partial charge on any atom is 0.469 e. The van der Waals surface area contributed by atoms with Crippen LogP contribution in [0, 0.1) is 0 Å². The summed E-state index contributed by atoms with van der Waals surface area (Å²) >= 11 is 0. The predicted molar refractivity (Wildman–Crippen MR) is 198 cm³/mol. The number of esters is 2. The highest BCUT2D eigenvalue weighted by Crippen LogP contribution is 2.36. The van der Waals surface area contributed by atoms with E-state index in [-0.39, 0.29) is 19.4 Å². The molecule has 0 aliphatic heterocycles. The van der Waals surface area contributed by atoms with Crippen LogP contribution in [0.2, 0.25) is 0 Å². The molecule has 0 unspecified atom stereocenters. The minimum atomic E-state index is -4.75. The Morgan fingerprint density at radius 1 is 0.521 bits per heavy atom. The summed E-state index contributed by atoms with van der Waals surface area (Å²) in [7, 11) is -4.75. The molecule has 0 radical (unpaired) electrons. The Morgan fingerprint density at radius 3 is 1.27 bits per heavy atom. The number of phosphoric acid groups is 1. The summed E-state index contributed by atoms with van der Waals surface area (Å²) in [5.74, 6) is -0.908. The molecule has 0 aromatic rings. The lowest BCUT2D eigenvalue weighted by molar-refractivity contribution is -0.161. The number of hydrogen-bond acceptors (Lipinski definition) is 6. The third-order valence-corrected chi connectivity index (χ3v) is 8.93. The van der Waals surface area contributed by atoms with Crippen LogP contribution in [0.4, 0.5) is 0 Å². The number of ether oxygens (including phenoxy) is 2. The molecule has 0 fully saturated rings. The van der Waals surface area contributed by atoms with E-state index in [2.05, 4.69) is 42.7 Å². The quantitative estimate of drug-likeness (QED) is 0.0287. The molecule has 0 aromatic heterocycles. The van der Waals surface area contributed by atoms with Gasteiger partial charge in [0.05, 0.1) is 6.61 Å². The first kappa shape index (κ1) is 46.5. The highest BCUT2D eigenvalue weighted by molar-refractivity contribution is 7.46. The van der Waals surface area contributed by atoms with E-state index < -0.39 is 32.5 Å². The van der Waals surface area contributed by atoms with Crippen LogP contribution in [0.25, 0.3) is 0 Å². The number of rotatable bonds is 36. The summed E-state index contributed by atoms with van der Waals surface area (Å²) in [5.41, 5.74) is 0. The summed E-state index contributed by atoms with van der Waals surface area (Å²) < 4.78 is 26.3. The third-order valence-electron chi connectivity index (χ3n) is 8.44. The van der Waals surface area contributed by atoms with Gasteiger partial charge in [-0.2, -0.15) is 0 Å². The molecule has 0 aromatic carbocycles. The average molecular weight is 701 g/mol. The fraction of sp³-hybridized carbons (Fsp3) is 0.846. The molecule has 2 N–H and O–H groups in total. The molecule has 0 aliphatic carbocycles. The zero-order chi connectivity index (χ0) is 35.4. The first-order valence-corrected chi connectivity index (χ1v) is 21.2. The Labute approximate surface area is 294 Å². The van der Waals surface area contributed by atoms with Crippen molar-refractivity contribution < 1.29 is 37.9 Å². The van der Waals surface area contributed by atoms with E-state index in [4.69, 9.17) is 19.3 Å². The zero-order valence-corrected chi connectivity index (χ0v) is 31.8.